The van der Waals surface area contributed by atoms with Gasteiger partial charge in [0, 0.05) is 19.4 Å². The van der Waals surface area contributed by atoms with E-state index in [1.54, 1.807) is 91.1 Å². The largest absolute Gasteiger partial charge is 0.461 e. The van der Waals surface area contributed by atoms with Crippen LogP contribution in [-0.2, 0) is 33.4 Å². The first-order valence-corrected chi connectivity index (χ1v) is 12.9. The van der Waals surface area contributed by atoms with Crippen molar-refractivity contribution in [2.75, 3.05) is 13.2 Å². The summed E-state index contributed by atoms with van der Waals surface area (Å²) >= 11 is 0. The van der Waals surface area contributed by atoms with Crippen molar-refractivity contribution in [1.82, 2.24) is 4.90 Å². The first kappa shape index (κ1) is 30.2. The molecule has 8 nitrogen and oxygen atoms in total. The topological polar surface area (TPSA) is 107 Å². The van der Waals surface area contributed by atoms with E-state index in [-0.39, 0.29) is 49.0 Å². The quantitative estimate of drug-likeness (QED) is 0.321. The molecule has 0 spiro atoms. The zero-order valence-corrected chi connectivity index (χ0v) is 22.3. The third-order valence-corrected chi connectivity index (χ3v) is 5.45. The highest BCUT2D eigenvalue weighted by Crippen LogP contribution is 2.19. The Labute approximate surface area is 238 Å². The van der Waals surface area contributed by atoms with E-state index in [0.717, 1.165) is 4.90 Å². The van der Waals surface area contributed by atoms with Crippen LogP contribution in [0.3, 0.4) is 0 Å². The Bertz CT molecular complexity index is 1420. The van der Waals surface area contributed by atoms with E-state index in [0.29, 0.717) is 5.76 Å². The maximum Gasteiger partial charge on any atom is 0.355 e. The van der Waals surface area contributed by atoms with E-state index in [9.17, 15) is 24.0 Å². The number of allylic oxidation sites excluding steroid dienone is 20. The molecule has 2 bridgehead atoms. The van der Waals surface area contributed by atoms with Crippen LogP contribution in [0.5, 0.6) is 0 Å². The molecule has 0 N–H and O–H groups in total. The zero-order valence-electron chi connectivity index (χ0n) is 22.3. The van der Waals surface area contributed by atoms with Crippen molar-refractivity contribution >= 4 is 29.2 Å². The van der Waals surface area contributed by atoms with Gasteiger partial charge in [0.2, 0.25) is 0 Å². The summed E-state index contributed by atoms with van der Waals surface area (Å²) < 4.78 is 10.8. The Morgan fingerprint density at radius 2 is 1.32 bits per heavy atom. The van der Waals surface area contributed by atoms with Gasteiger partial charge in [-0.25, -0.2) is 4.79 Å². The smallest absolute Gasteiger partial charge is 0.355 e. The number of Topliss-reactive ketones (excluding diaryl/α,β-unsaturated/α-hetero) is 2. The van der Waals surface area contributed by atoms with Crippen LogP contribution in [0.15, 0.2) is 145 Å². The van der Waals surface area contributed by atoms with Crippen molar-refractivity contribution in [3.05, 3.63) is 145 Å². The number of ketones is 3. The minimum absolute atomic E-state index is 0.00777. The second-order valence-electron chi connectivity index (χ2n) is 8.50. The third-order valence-electron chi connectivity index (χ3n) is 5.45. The van der Waals surface area contributed by atoms with Gasteiger partial charge in [0.05, 0.1) is 6.61 Å². The minimum atomic E-state index is -0.954. The van der Waals surface area contributed by atoms with Gasteiger partial charge < -0.3 is 9.47 Å². The summed E-state index contributed by atoms with van der Waals surface area (Å²) in [5.74, 6) is -2.93. The lowest BCUT2D eigenvalue weighted by Gasteiger charge is -2.24. The van der Waals surface area contributed by atoms with Crippen LogP contribution in [0.4, 0.5) is 0 Å². The summed E-state index contributed by atoms with van der Waals surface area (Å²) in [5, 5.41) is 0. The first-order chi connectivity index (χ1) is 20.0. The van der Waals surface area contributed by atoms with Crippen LogP contribution in [-0.4, -0.2) is 47.3 Å². The van der Waals surface area contributed by atoms with E-state index in [4.69, 9.17) is 9.47 Å². The summed E-state index contributed by atoms with van der Waals surface area (Å²) in [5.41, 5.74) is -0.118. The van der Waals surface area contributed by atoms with E-state index < -0.39 is 17.7 Å². The number of rotatable bonds is 0. The molecule has 0 aliphatic carbocycles. The molecule has 3 aliphatic rings. The summed E-state index contributed by atoms with van der Waals surface area (Å²) in [6, 6.07) is 0. The lowest BCUT2D eigenvalue weighted by atomic mass is 10.1. The Hall–Kier alpha value is -5.37. The molecule has 0 saturated carbocycles. The van der Waals surface area contributed by atoms with E-state index in [1.807, 2.05) is 6.08 Å². The van der Waals surface area contributed by atoms with Crippen LogP contribution in [0, 0.1) is 0 Å². The molecule has 3 rings (SSSR count). The van der Waals surface area contributed by atoms with E-state index >= 15 is 0 Å². The van der Waals surface area contributed by atoms with Crippen molar-refractivity contribution in [2.45, 2.75) is 12.8 Å². The summed E-state index contributed by atoms with van der Waals surface area (Å²) in [4.78, 5) is 63.6. The molecule has 208 valence electrons. The average Bonchev–Trinajstić information content (AvgIpc) is 2.98. The number of carbonyl (C=O) groups is 5. The molecule has 1 amide bonds. The number of hydrogen-bond donors (Lipinski definition) is 0. The Balaban J connectivity index is 1.75. The fourth-order valence-corrected chi connectivity index (χ4v) is 3.42. The Morgan fingerprint density at radius 1 is 0.634 bits per heavy atom. The fraction of sp³-hybridized carbons (Fsp3) is 0.121. The normalized spacial score (nSPS) is 20.2. The van der Waals surface area contributed by atoms with Gasteiger partial charge >= 0.3 is 11.9 Å². The number of cyclic esters (lactones) is 1. The SMILES string of the molecule is O=C1C=CC=CC=CC=CC=CC=C2C=CC=C(O2)C(=O)C(=O)N2CC=CC=C2C(=O)OCCC(=O)CC=C/C=C\1. The van der Waals surface area contributed by atoms with Crippen LogP contribution in [0.1, 0.15) is 12.8 Å². The minimum Gasteiger partial charge on any atom is -0.461 e. The molecule has 0 fully saturated rings. The molecule has 0 saturated heterocycles. The number of ether oxygens (including phenoxy) is 2. The summed E-state index contributed by atoms with van der Waals surface area (Å²) in [6.45, 7) is -0.202. The highest BCUT2D eigenvalue weighted by molar-refractivity contribution is 6.42. The molecular weight excluding hydrogens is 522 g/mol. The predicted octanol–water partition coefficient (Wildman–Crippen LogP) is 4.56. The fourth-order valence-electron chi connectivity index (χ4n) is 3.42. The van der Waals surface area contributed by atoms with Gasteiger partial charge in [0.25, 0.3) is 5.78 Å². The maximum absolute atomic E-state index is 13.0. The van der Waals surface area contributed by atoms with Crippen molar-refractivity contribution < 1.29 is 33.4 Å². The zero-order chi connectivity index (χ0) is 29.3. The second-order valence-corrected chi connectivity index (χ2v) is 8.50. The summed E-state index contributed by atoms with van der Waals surface area (Å²) in [7, 11) is 0. The van der Waals surface area contributed by atoms with Gasteiger partial charge in [-0.05, 0) is 36.5 Å². The van der Waals surface area contributed by atoms with Crippen molar-refractivity contribution in [3.8, 4) is 0 Å². The lowest BCUT2D eigenvalue weighted by Crippen LogP contribution is -2.41. The number of carbonyl (C=O) groups excluding carboxylic acids is 5. The molecule has 0 aromatic rings. The maximum atomic E-state index is 13.0. The molecule has 0 unspecified atom stereocenters. The highest BCUT2D eigenvalue weighted by atomic mass is 16.5. The van der Waals surface area contributed by atoms with Crippen molar-refractivity contribution in [2.24, 2.45) is 0 Å². The summed E-state index contributed by atoms with van der Waals surface area (Å²) in [6.07, 6.45) is 34.2. The lowest BCUT2D eigenvalue weighted by molar-refractivity contribution is -0.147. The second kappa shape index (κ2) is 16.6. The van der Waals surface area contributed by atoms with Gasteiger partial charge in [0.15, 0.2) is 11.5 Å². The van der Waals surface area contributed by atoms with E-state index in [1.165, 1.54) is 30.4 Å². The third kappa shape index (κ3) is 10.4. The Kier molecular flexibility index (Phi) is 12.2. The molecule has 41 heavy (non-hydrogen) atoms. The van der Waals surface area contributed by atoms with E-state index in [2.05, 4.69) is 0 Å². The number of fused-ring (bicyclic) bond motifs is 3. The van der Waals surface area contributed by atoms with Crippen molar-refractivity contribution in [3.63, 3.8) is 0 Å². The first-order valence-electron chi connectivity index (χ1n) is 12.9. The van der Waals surface area contributed by atoms with Gasteiger partial charge in [0.1, 0.15) is 17.2 Å². The van der Waals surface area contributed by atoms with Crippen LogP contribution in [0.25, 0.3) is 0 Å². The average molecular weight is 552 g/mol. The van der Waals surface area contributed by atoms with Crippen molar-refractivity contribution in [1.29, 1.82) is 0 Å². The standard InChI is InChI=1S/C33H29NO7/c35-26-16-9-6-4-2-1-3-5-7-12-19-28-20-15-22-30(41-28)31(37)32(38)34-24-14-13-21-29(34)33(39)40-25-23-27(36)18-11-8-10-17-26/h1-17,19-22H,18,23-25H2/b2-1?,5-3?,6-4?,11-8?,12-7?,16-9?,17-10-,28-19?. The van der Waals surface area contributed by atoms with Crippen LogP contribution >= 0.6 is 0 Å². The molecule has 3 heterocycles. The van der Waals surface area contributed by atoms with Gasteiger partial charge in [-0.3, -0.25) is 24.1 Å². The monoisotopic (exact) mass is 551 g/mol. The van der Waals surface area contributed by atoms with Gasteiger partial charge in [-0.1, -0.05) is 91.1 Å². The molecule has 0 radical (unpaired) electrons. The van der Waals surface area contributed by atoms with Crippen LogP contribution < -0.4 is 0 Å². The van der Waals surface area contributed by atoms with Crippen LogP contribution in [0.2, 0.25) is 0 Å². The molecule has 0 aromatic carbocycles. The molecule has 3 aliphatic heterocycles. The molecule has 8 heteroatoms. The Morgan fingerprint density at radius 3 is 2.07 bits per heavy atom. The molecule has 0 aromatic heterocycles. The van der Waals surface area contributed by atoms with Gasteiger partial charge in [-0.2, -0.15) is 0 Å². The highest BCUT2D eigenvalue weighted by Gasteiger charge is 2.32. The number of nitrogens with zero attached hydrogens (tertiary/aromatic N) is 1. The molecule has 0 atom stereocenters. The number of amides is 1. The number of esters is 1. The number of hydrogen-bond acceptors (Lipinski definition) is 7. The van der Waals surface area contributed by atoms with Gasteiger partial charge in [-0.15, -0.1) is 0 Å². The molecular formula is C33H29NO7. The predicted molar refractivity (Wildman–Crippen MR) is 155 cm³/mol.